The molecule has 30 heavy (non-hydrogen) atoms. The summed E-state index contributed by atoms with van der Waals surface area (Å²) in [6, 6.07) is 12.3. The van der Waals surface area contributed by atoms with Crippen LogP contribution in [0, 0.1) is 0 Å². The number of aromatic nitrogens is 1. The number of piperidine rings is 1. The summed E-state index contributed by atoms with van der Waals surface area (Å²) in [5.41, 5.74) is -0.435. The van der Waals surface area contributed by atoms with Crippen molar-refractivity contribution in [3.05, 3.63) is 61.3 Å². The summed E-state index contributed by atoms with van der Waals surface area (Å²) < 4.78 is 34.1. The molecule has 1 saturated heterocycles. The van der Waals surface area contributed by atoms with E-state index in [1.54, 1.807) is 16.4 Å². The SMILES string of the molecule is C=CC(=O)NC1CCN(S(=O)(=O)c2ccc(Oc3ccccc3)nc2)C2(CCC2)C1. The molecule has 2 fully saturated rings. The molecule has 2 aliphatic rings. The Hall–Kier alpha value is -2.71. The van der Waals surface area contributed by atoms with Gasteiger partial charge in [0.05, 0.1) is 6.20 Å². The van der Waals surface area contributed by atoms with Crippen LogP contribution in [0.15, 0.2) is 66.2 Å². The molecule has 2 heterocycles. The van der Waals surface area contributed by atoms with Gasteiger partial charge in [-0.05, 0) is 56.4 Å². The van der Waals surface area contributed by atoms with E-state index < -0.39 is 15.6 Å². The molecular weight excluding hydrogens is 402 g/mol. The second kappa shape index (κ2) is 8.20. The summed E-state index contributed by atoms with van der Waals surface area (Å²) in [5, 5.41) is 2.93. The van der Waals surface area contributed by atoms with Crippen LogP contribution < -0.4 is 10.1 Å². The third-order valence-corrected chi connectivity index (χ3v) is 7.90. The number of para-hydroxylation sites is 1. The Morgan fingerprint density at radius 2 is 2.00 bits per heavy atom. The Kier molecular flexibility index (Phi) is 5.62. The Bertz CT molecular complexity index is 1020. The van der Waals surface area contributed by atoms with Gasteiger partial charge in [0.2, 0.25) is 21.8 Å². The van der Waals surface area contributed by atoms with E-state index in [4.69, 9.17) is 4.74 Å². The maximum Gasteiger partial charge on any atom is 0.245 e. The van der Waals surface area contributed by atoms with Crippen molar-refractivity contribution in [1.29, 1.82) is 0 Å². The van der Waals surface area contributed by atoms with Crippen molar-refractivity contribution in [1.82, 2.24) is 14.6 Å². The summed E-state index contributed by atoms with van der Waals surface area (Å²) in [6.45, 7) is 3.86. The lowest BCUT2D eigenvalue weighted by Crippen LogP contribution is -2.63. The van der Waals surface area contributed by atoms with E-state index in [0.29, 0.717) is 31.0 Å². The van der Waals surface area contributed by atoms with E-state index in [1.807, 2.05) is 30.3 Å². The van der Waals surface area contributed by atoms with E-state index >= 15 is 0 Å². The smallest absolute Gasteiger partial charge is 0.245 e. The number of pyridine rings is 1. The second-order valence-corrected chi connectivity index (χ2v) is 9.67. The molecular formula is C22H25N3O4S. The van der Waals surface area contributed by atoms with Gasteiger partial charge < -0.3 is 10.1 Å². The van der Waals surface area contributed by atoms with E-state index in [9.17, 15) is 13.2 Å². The van der Waals surface area contributed by atoms with Crippen LogP contribution in [-0.4, -0.2) is 41.7 Å². The molecule has 1 atom stereocenters. The maximum atomic E-state index is 13.4. The topological polar surface area (TPSA) is 88.6 Å². The van der Waals surface area contributed by atoms with Crippen LogP contribution in [0.3, 0.4) is 0 Å². The lowest BCUT2D eigenvalue weighted by molar-refractivity contribution is -0.117. The molecule has 1 amide bonds. The molecule has 1 aromatic heterocycles. The number of ether oxygens (including phenoxy) is 1. The van der Waals surface area contributed by atoms with Crippen LogP contribution in [0.1, 0.15) is 32.1 Å². The zero-order valence-corrected chi connectivity index (χ0v) is 17.5. The van der Waals surface area contributed by atoms with Gasteiger partial charge in [-0.1, -0.05) is 24.8 Å². The number of hydrogen-bond donors (Lipinski definition) is 1. The van der Waals surface area contributed by atoms with Crippen molar-refractivity contribution in [2.45, 2.75) is 48.6 Å². The van der Waals surface area contributed by atoms with Crippen LogP contribution >= 0.6 is 0 Å². The van der Waals surface area contributed by atoms with E-state index in [0.717, 1.165) is 19.3 Å². The Labute approximate surface area is 176 Å². The van der Waals surface area contributed by atoms with Crippen LogP contribution in [-0.2, 0) is 14.8 Å². The molecule has 1 aromatic carbocycles. The molecule has 2 aromatic rings. The zero-order chi connectivity index (χ0) is 21.2. The fourth-order valence-corrected chi connectivity index (χ4v) is 6.08. The first-order chi connectivity index (χ1) is 14.4. The van der Waals surface area contributed by atoms with Crippen molar-refractivity contribution in [3.8, 4) is 11.6 Å². The first-order valence-corrected chi connectivity index (χ1v) is 11.5. The zero-order valence-electron chi connectivity index (χ0n) is 16.7. The summed E-state index contributed by atoms with van der Waals surface area (Å²) in [7, 11) is -3.70. The third kappa shape index (κ3) is 3.97. The molecule has 0 radical (unpaired) electrons. The van der Waals surface area contributed by atoms with Gasteiger partial charge in [-0.25, -0.2) is 13.4 Å². The van der Waals surface area contributed by atoms with Gasteiger partial charge in [-0.3, -0.25) is 4.79 Å². The number of amides is 1. The number of sulfonamides is 1. The number of nitrogens with zero attached hydrogens (tertiary/aromatic N) is 2. The Morgan fingerprint density at radius 3 is 2.60 bits per heavy atom. The largest absolute Gasteiger partial charge is 0.439 e. The number of hydrogen-bond acceptors (Lipinski definition) is 5. The van der Waals surface area contributed by atoms with Gasteiger partial charge in [-0.2, -0.15) is 4.31 Å². The number of rotatable bonds is 6. The fourth-order valence-electron chi connectivity index (χ4n) is 4.29. The summed E-state index contributed by atoms with van der Waals surface area (Å²) in [4.78, 5) is 16.0. The highest BCUT2D eigenvalue weighted by atomic mass is 32.2. The standard InChI is InChI=1S/C22H25N3O4S/c1-2-20(26)24-17-11-14-25(22(15-17)12-6-13-22)30(27,28)19-9-10-21(23-16-19)29-18-7-4-3-5-8-18/h2-5,7-10,16-17H,1,6,11-15H2,(H,24,26). The predicted octanol–water partition coefficient (Wildman–Crippen LogP) is 3.25. The van der Waals surface area contributed by atoms with Gasteiger partial charge in [0.25, 0.3) is 0 Å². The summed E-state index contributed by atoms with van der Waals surface area (Å²) in [6.07, 6.45) is 6.38. The van der Waals surface area contributed by atoms with Crippen molar-refractivity contribution in [2.24, 2.45) is 0 Å². The molecule has 8 heteroatoms. The highest BCUT2D eigenvalue weighted by Crippen LogP contribution is 2.46. The van der Waals surface area contributed by atoms with Crippen LogP contribution in [0.5, 0.6) is 11.6 Å². The molecule has 7 nitrogen and oxygen atoms in total. The predicted molar refractivity (Wildman–Crippen MR) is 113 cm³/mol. The molecule has 1 aliphatic heterocycles. The lowest BCUT2D eigenvalue weighted by atomic mass is 9.70. The maximum absolute atomic E-state index is 13.4. The molecule has 158 valence electrons. The van der Waals surface area contributed by atoms with Crippen molar-refractivity contribution < 1.29 is 17.9 Å². The lowest BCUT2D eigenvalue weighted by Gasteiger charge is -2.54. The van der Waals surface area contributed by atoms with Gasteiger partial charge in [0.15, 0.2) is 0 Å². The van der Waals surface area contributed by atoms with Crippen LogP contribution in [0.25, 0.3) is 0 Å². The number of nitrogens with one attached hydrogen (secondary N) is 1. The number of carbonyl (C=O) groups is 1. The van der Waals surface area contributed by atoms with Gasteiger partial charge in [-0.15, -0.1) is 0 Å². The van der Waals surface area contributed by atoms with Gasteiger partial charge in [0.1, 0.15) is 10.6 Å². The summed E-state index contributed by atoms with van der Waals surface area (Å²) in [5.74, 6) is 0.756. The minimum absolute atomic E-state index is 0.0398. The summed E-state index contributed by atoms with van der Waals surface area (Å²) >= 11 is 0. The van der Waals surface area contributed by atoms with Gasteiger partial charge >= 0.3 is 0 Å². The quantitative estimate of drug-likeness (QED) is 0.715. The molecule has 1 spiro atoms. The first kappa shape index (κ1) is 20.6. The minimum Gasteiger partial charge on any atom is -0.439 e. The van der Waals surface area contributed by atoms with E-state index in [-0.39, 0.29) is 16.8 Å². The third-order valence-electron chi connectivity index (χ3n) is 5.91. The van der Waals surface area contributed by atoms with Crippen LogP contribution in [0.4, 0.5) is 0 Å². The number of carbonyl (C=O) groups excluding carboxylic acids is 1. The Morgan fingerprint density at radius 1 is 1.23 bits per heavy atom. The average molecular weight is 428 g/mol. The highest BCUT2D eigenvalue weighted by Gasteiger charge is 2.51. The molecule has 1 unspecified atom stereocenters. The monoisotopic (exact) mass is 427 g/mol. The van der Waals surface area contributed by atoms with Crippen molar-refractivity contribution in [3.63, 3.8) is 0 Å². The normalized spacial score (nSPS) is 20.9. The van der Waals surface area contributed by atoms with Gasteiger partial charge in [0, 0.05) is 24.2 Å². The van der Waals surface area contributed by atoms with E-state index in [2.05, 4.69) is 16.9 Å². The first-order valence-electron chi connectivity index (χ1n) is 10.1. The number of benzene rings is 1. The molecule has 1 aliphatic carbocycles. The van der Waals surface area contributed by atoms with Crippen molar-refractivity contribution in [2.75, 3.05) is 6.54 Å². The molecule has 1 saturated carbocycles. The minimum atomic E-state index is -3.70. The fraction of sp³-hybridized carbons (Fsp3) is 0.364. The van der Waals surface area contributed by atoms with Crippen LogP contribution in [0.2, 0.25) is 0 Å². The van der Waals surface area contributed by atoms with E-state index in [1.165, 1.54) is 12.3 Å². The highest BCUT2D eigenvalue weighted by molar-refractivity contribution is 7.89. The second-order valence-electron chi connectivity index (χ2n) is 7.80. The molecule has 1 N–H and O–H groups in total. The Balaban J connectivity index is 1.51. The molecule has 0 bridgehead atoms. The molecule has 4 rings (SSSR count). The average Bonchev–Trinajstić information content (AvgIpc) is 2.73. The van der Waals surface area contributed by atoms with Crippen molar-refractivity contribution >= 4 is 15.9 Å².